The van der Waals surface area contributed by atoms with Crippen LogP contribution in [0.15, 0.2) is 10.9 Å². The molecule has 2 heterocycles. The van der Waals surface area contributed by atoms with Crippen molar-refractivity contribution in [2.75, 3.05) is 26.3 Å². The maximum atomic E-state index is 5.54. The lowest BCUT2D eigenvalue weighted by molar-refractivity contribution is 0.149. The van der Waals surface area contributed by atoms with E-state index in [9.17, 15) is 0 Å². The number of ether oxygens (including phenoxy) is 1. The van der Waals surface area contributed by atoms with Gasteiger partial charge in [-0.25, -0.2) is 4.98 Å². The highest BCUT2D eigenvalue weighted by atomic mass is 32.1. The lowest BCUT2D eigenvalue weighted by atomic mass is 9.82. The first-order valence-corrected chi connectivity index (χ1v) is 6.44. The van der Waals surface area contributed by atoms with Crippen LogP contribution >= 0.6 is 11.3 Å². The van der Waals surface area contributed by atoms with E-state index in [0.29, 0.717) is 0 Å². The van der Waals surface area contributed by atoms with Crippen LogP contribution in [-0.2, 0) is 11.2 Å². The lowest BCUT2D eigenvalue weighted by Gasteiger charge is -2.26. The summed E-state index contributed by atoms with van der Waals surface area (Å²) in [6.45, 7) is 5.99. The summed E-state index contributed by atoms with van der Waals surface area (Å²) in [7, 11) is 0. The predicted molar refractivity (Wildman–Crippen MR) is 62.2 cm³/mol. The Hall–Kier alpha value is -0.450. The first kappa shape index (κ1) is 11.0. The van der Waals surface area contributed by atoms with Gasteiger partial charge in [-0.05, 0) is 19.4 Å². The molecule has 1 saturated heterocycles. The molecule has 0 bridgehead atoms. The van der Waals surface area contributed by atoms with E-state index in [0.717, 1.165) is 39.1 Å². The molecule has 0 spiro atoms. The molecule has 2 rings (SSSR count). The Morgan fingerprint density at radius 3 is 3.20 bits per heavy atom. The average molecular weight is 226 g/mol. The van der Waals surface area contributed by atoms with Gasteiger partial charge in [-0.2, -0.15) is 0 Å². The SMILES string of the molecule is CCNCC1(Cc2cscn2)CCOC1. The van der Waals surface area contributed by atoms with Gasteiger partial charge in [-0.1, -0.05) is 6.92 Å². The number of rotatable bonds is 5. The molecule has 1 unspecified atom stereocenters. The van der Waals surface area contributed by atoms with Crippen molar-refractivity contribution in [3.63, 3.8) is 0 Å². The van der Waals surface area contributed by atoms with E-state index in [1.807, 2.05) is 5.51 Å². The molecular weight excluding hydrogens is 208 g/mol. The lowest BCUT2D eigenvalue weighted by Crippen LogP contribution is -2.36. The summed E-state index contributed by atoms with van der Waals surface area (Å²) in [6.07, 6.45) is 2.20. The van der Waals surface area contributed by atoms with Crippen molar-refractivity contribution >= 4 is 11.3 Å². The Morgan fingerprint density at radius 2 is 2.60 bits per heavy atom. The standard InChI is InChI=1S/C11H18N2OS/c1-2-12-7-11(3-4-14-8-11)5-10-6-15-9-13-10/h6,9,12H,2-5,7-8H2,1H3. The second-order valence-electron chi connectivity index (χ2n) is 4.24. The van der Waals surface area contributed by atoms with Crippen LogP contribution in [0.3, 0.4) is 0 Å². The number of hydrogen-bond donors (Lipinski definition) is 1. The molecule has 1 atom stereocenters. The zero-order chi connectivity index (χ0) is 10.6. The van der Waals surface area contributed by atoms with Gasteiger partial charge in [0.2, 0.25) is 0 Å². The molecule has 84 valence electrons. The molecule has 0 radical (unpaired) electrons. The molecule has 0 saturated carbocycles. The van der Waals surface area contributed by atoms with Gasteiger partial charge in [-0.3, -0.25) is 0 Å². The second kappa shape index (κ2) is 5.05. The number of nitrogens with one attached hydrogen (secondary N) is 1. The maximum absolute atomic E-state index is 5.54. The zero-order valence-corrected chi connectivity index (χ0v) is 9.98. The first-order chi connectivity index (χ1) is 7.35. The van der Waals surface area contributed by atoms with E-state index in [2.05, 4.69) is 22.6 Å². The van der Waals surface area contributed by atoms with Crippen LogP contribution in [0.25, 0.3) is 0 Å². The van der Waals surface area contributed by atoms with E-state index >= 15 is 0 Å². The van der Waals surface area contributed by atoms with Crippen molar-refractivity contribution in [3.05, 3.63) is 16.6 Å². The summed E-state index contributed by atoms with van der Waals surface area (Å²) in [6, 6.07) is 0. The topological polar surface area (TPSA) is 34.2 Å². The summed E-state index contributed by atoms with van der Waals surface area (Å²) >= 11 is 1.67. The fourth-order valence-corrected chi connectivity index (χ4v) is 2.65. The molecule has 1 aliphatic heterocycles. The Labute approximate surface area is 94.9 Å². The van der Waals surface area contributed by atoms with Crippen LogP contribution in [0, 0.1) is 5.41 Å². The Bertz CT molecular complexity index is 281. The summed E-state index contributed by atoms with van der Waals surface area (Å²) in [5.74, 6) is 0. The summed E-state index contributed by atoms with van der Waals surface area (Å²) in [5.41, 5.74) is 3.40. The minimum Gasteiger partial charge on any atom is -0.381 e. The van der Waals surface area contributed by atoms with Crippen molar-refractivity contribution in [1.82, 2.24) is 10.3 Å². The Balaban J connectivity index is 1.99. The van der Waals surface area contributed by atoms with Crippen LogP contribution in [0.5, 0.6) is 0 Å². The number of hydrogen-bond acceptors (Lipinski definition) is 4. The van der Waals surface area contributed by atoms with Crippen molar-refractivity contribution in [1.29, 1.82) is 0 Å². The van der Waals surface area contributed by atoms with Crippen molar-refractivity contribution < 1.29 is 4.74 Å². The Kier molecular flexibility index (Phi) is 3.72. The van der Waals surface area contributed by atoms with Gasteiger partial charge in [0, 0.05) is 23.9 Å². The van der Waals surface area contributed by atoms with Gasteiger partial charge in [0.1, 0.15) is 0 Å². The van der Waals surface area contributed by atoms with Crippen molar-refractivity contribution in [2.24, 2.45) is 5.41 Å². The van der Waals surface area contributed by atoms with Crippen LogP contribution in [0.2, 0.25) is 0 Å². The first-order valence-electron chi connectivity index (χ1n) is 5.50. The third-order valence-corrected chi connectivity index (χ3v) is 3.61. The molecule has 1 fully saturated rings. The van der Waals surface area contributed by atoms with Crippen molar-refractivity contribution in [3.8, 4) is 0 Å². The van der Waals surface area contributed by atoms with Crippen LogP contribution in [0.1, 0.15) is 19.0 Å². The summed E-state index contributed by atoms with van der Waals surface area (Å²) < 4.78 is 5.54. The van der Waals surface area contributed by atoms with E-state index in [1.54, 1.807) is 11.3 Å². The smallest absolute Gasteiger partial charge is 0.0794 e. The minimum absolute atomic E-state index is 0.282. The normalized spacial score (nSPS) is 25.9. The van der Waals surface area contributed by atoms with Crippen LogP contribution in [-0.4, -0.2) is 31.3 Å². The largest absolute Gasteiger partial charge is 0.381 e. The van der Waals surface area contributed by atoms with E-state index in [4.69, 9.17) is 4.74 Å². The minimum atomic E-state index is 0.282. The third-order valence-electron chi connectivity index (χ3n) is 2.97. The molecule has 15 heavy (non-hydrogen) atoms. The molecule has 4 heteroatoms. The van der Waals surface area contributed by atoms with Crippen molar-refractivity contribution in [2.45, 2.75) is 19.8 Å². The molecular formula is C11H18N2OS. The van der Waals surface area contributed by atoms with E-state index < -0.39 is 0 Å². The van der Waals surface area contributed by atoms with Gasteiger partial charge in [-0.15, -0.1) is 11.3 Å². The van der Waals surface area contributed by atoms with E-state index in [1.165, 1.54) is 5.69 Å². The molecule has 1 aromatic rings. The molecule has 3 nitrogen and oxygen atoms in total. The highest BCUT2D eigenvalue weighted by molar-refractivity contribution is 7.07. The van der Waals surface area contributed by atoms with Crippen LogP contribution in [0.4, 0.5) is 0 Å². The van der Waals surface area contributed by atoms with Gasteiger partial charge >= 0.3 is 0 Å². The van der Waals surface area contributed by atoms with Gasteiger partial charge in [0.15, 0.2) is 0 Å². The average Bonchev–Trinajstić information content (AvgIpc) is 2.88. The molecule has 0 amide bonds. The molecule has 1 N–H and O–H groups in total. The molecule has 0 aliphatic carbocycles. The van der Waals surface area contributed by atoms with E-state index in [-0.39, 0.29) is 5.41 Å². The predicted octanol–water partition coefficient (Wildman–Crippen LogP) is 1.70. The quantitative estimate of drug-likeness (QED) is 0.830. The fraction of sp³-hybridized carbons (Fsp3) is 0.727. The van der Waals surface area contributed by atoms with Crippen LogP contribution < -0.4 is 5.32 Å². The maximum Gasteiger partial charge on any atom is 0.0794 e. The zero-order valence-electron chi connectivity index (χ0n) is 9.16. The Morgan fingerprint density at radius 1 is 1.67 bits per heavy atom. The summed E-state index contributed by atoms with van der Waals surface area (Å²) in [4.78, 5) is 4.37. The highest BCUT2D eigenvalue weighted by Crippen LogP contribution is 2.31. The molecule has 0 aromatic carbocycles. The van der Waals surface area contributed by atoms with Gasteiger partial charge in [0.25, 0.3) is 0 Å². The van der Waals surface area contributed by atoms with Gasteiger partial charge < -0.3 is 10.1 Å². The fourth-order valence-electron chi connectivity index (χ4n) is 2.09. The summed E-state index contributed by atoms with van der Waals surface area (Å²) in [5, 5.41) is 5.58. The van der Waals surface area contributed by atoms with Gasteiger partial charge in [0.05, 0.1) is 17.8 Å². The number of aromatic nitrogens is 1. The second-order valence-corrected chi connectivity index (χ2v) is 4.96. The molecule has 1 aromatic heterocycles. The molecule has 1 aliphatic rings. The monoisotopic (exact) mass is 226 g/mol. The highest BCUT2D eigenvalue weighted by Gasteiger charge is 2.35. The number of nitrogens with zero attached hydrogens (tertiary/aromatic N) is 1. The third kappa shape index (κ3) is 2.77. The number of thiazole rings is 1.